The molecule has 0 fully saturated rings. The van der Waals surface area contributed by atoms with Gasteiger partial charge in [-0.3, -0.25) is 5.10 Å². The number of carboxylic acid groups (broad SMARTS) is 1. The molecule has 2 amide bonds. The molecule has 0 bridgehead atoms. The van der Waals surface area contributed by atoms with Gasteiger partial charge < -0.3 is 15.3 Å². The first-order valence-corrected chi connectivity index (χ1v) is 5.07. The fraction of sp³-hybridized carbons (Fsp3) is 0.500. The highest BCUT2D eigenvalue weighted by Crippen LogP contribution is 2.05. The van der Waals surface area contributed by atoms with Crippen LogP contribution in [0.2, 0.25) is 0 Å². The molecule has 0 aliphatic carbocycles. The fourth-order valence-electron chi connectivity index (χ4n) is 1.13. The number of aliphatic carboxylic acids is 1. The SMILES string of the molecule is CN(Cc1cn[nH]c1)C(=O)NC(C)(C)C(=O)O. The number of hydrogen-bond donors (Lipinski definition) is 3. The number of nitrogens with zero attached hydrogens (tertiary/aromatic N) is 2. The molecule has 3 N–H and O–H groups in total. The lowest BCUT2D eigenvalue weighted by Crippen LogP contribution is -2.53. The Labute approximate surface area is 98.8 Å². The maximum Gasteiger partial charge on any atom is 0.328 e. The summed E-state index contributed by atoms with van der Waals surface area (Å²) in [6.07, 6.45) is 3.28. The van der Waals surface area contributed by atoms with Crippen LogP contribution in [-0.2, 0) is 11.3 Å². The highest BCUT2D eigenvalue weighted by molar-refractivity contribution is 5.85. The Bertz CT molecular complexity index is 400. The van der Waals surface area contributed by atoms with E-state index in [4.69, 9.17) is 5.11 Å². The van der Waals surface area contributed by atoms with Crippen molar-refractivity contribution in [2.75, 3.05) is 7.05 Å². The first-order chi connectivity index (χ1) is 7.83. The number of aromatic nitrogens is 2. The van der Waals surface area contributed by atoms with Crippen LogP contribution in [0.25, 0.3) is 0 Å². The van der Waals surface area contributed by atoms with Crippen LogP contribution in [0.1, 0.15) is 19.4 Å². The molecule has 0 aliphatic heterocycles. The predicted octanol–water partition coefficient (Wildman–Crippen LogP) is 0.414. The Hall–Kier alpha value is -2.05. The first kappa shape index (κ1) is 13.0. The molecular formula is C10H16N4O3. The molecule has 1 rings (SSSR count). The van der Waals surface area contributed by atoms with E-state index < -0.39 is 17.5 Å². The van der Waals surface area contributed by atoms with Crippen molar-refractivity contribution < 1.29 is 14.7 Å². The Balaban J connectivity index is 2.56. The van der Waals surface area contributed by atoms with Crippen LogP contribution in [0, 0.1) is 0 Å². The van der Waals surface area contributed by atoms with Crippen LogP contribution in [0.15, 0.2) is 12.4 Å². The molecule has 0 saturated carbocycles. The van der Waals surface area contributed by atoms with E-state index in [1.165, 1.54) is 18.7 Å². The number of amides is 2. The largest absolute Gasteiger partial charge is 0.480 e. The molecule has 0 unspecified atom stereocenters. The van der Waals surface area contributed by atoms with Crippen LogP contribution < -0.4 is 5.32 Å². The summed E-state index contributed by atoms with van der Waals surface area (Å²) in [6, 6.07) is -0.446. The fourth-order valence-corrected chi connectivity index (χ4v) is 1.13. The van der Waals surface area contributed by atoms with Gasteiger partial charge in [0.2, 0.25) is 0 Å². The lowest BCUT2D eigenvalue weighted by Gasteiger charge is -2.25. The zero-order valence-corrected chi connectivity index (χ0v) is 10.0. The van der Waals surface area contributed by atoms with Gasteiger partial charge in [0.05, 0.1) is 12.7 Å². The van der Waals surface area contributed by atoms with Crippen LogP contribution in [-0.4, -0.2) is 44.8 Å². The summed E-state index contributed by atoms with van der Waals surface area (Å²) in [6.45, 7) is 3.22. The second-order valence-electron chi connectivity index (χ2n) is 4.32. The average molecular weight is 240 g/mol. The maximum atomic E-state index is 11.7. The molecule has 0 radical (unpaired) electrons. The molecule has 1 heterocycles. The zero-order valence-electron chi connectivity index (χ0n) is 10.0. The molecule has 0 atom stereocenters. The molecule has 0 spiro atoms. The molecule has 7 nitrogen and oxygen atoms in total. The van der Waals surface area contributed by atoms with Crippen molar-refractivity contribution in [1.82, 2.24) is 20.4 Å². The third-order valence-electron chi connectivity index (χ3n) is 2.28. The van der Waals surface area contributed by atoms with Gasteiger partial charge in [0.15, 0.2) is 0 Å². The second-order valence-corrected chi connectivity index (χ2v) is 4.32. The summed E-state index contributed by atoms with van der Waals surface area (Å²) >= 11 is 0. The van der Waals surface area contributed by atoms with Gasteiger partial charge in [-0.1, -0.05) is 0 Å². The number of H-pyrrole nitrogens is 1. The Kier molecular flexibility index (Phi) is 3.72. The van der Waals surface area contributed by atoms with Crippen molar-refractivity contribution in [1.29, 1.82) is 0 Å². The number of aromatic amines is 1. The zero-order chi connectivity index (χ0) is 13.1. The van der Waals surface area contributed by atoms with Crippen molar-refractivity contribution in [2.24, 2.45) is 0 Å². The van der Waals surface area contributed by atoms with Crippen molar-refractivity contribution in [3.8, 4) is 0 Å². The van der Waals surface area contributed by atoms with Crippen LogP contribution >= 0.6 is 0 Å². The number of carbonyl (C=O) groups excluding carboxylic acids is 1. The summed E-state index contributed by atoms with van der Waals surface area (Å²) in [7, 11) is 1.58. The van der Waals surface area contributed by atoms with Gasteiger partial charge in [-0.05, 0) is 13.8 Å². The van der Waals surface area contributed by atoms with Crippen molar-refractivity contribution >= 4 is 12.0 Å². The van der Waals surface area contributed by atoms with E-state index in [1.807, 2.05) is 0 Å². The predicted molar refractivity (Wildman–Crippen MR) is 60.3 cm³/mol. The van der Waals surface area contributed by atoms with Gasteiger partial charge in [0, 0.05) is 18.8 Å². The summed E-state index contributed by atoms with van der Waals surface area (Å²) in [4.78, 5) is 23.9. The Morgan fingerprint density at radius 2 is 2.24 bits per heavy atom. The number of carboxylic acids is 1. The number of rotatable bonds is 4. The second kappa shape index (κ2) is 4.86. The van der Waals surface area contributed by atoms with Gasteiger partial charge in [-0.15, -0.1) is 0 Å². The highest BCUT2D eigenvalue weighted by Gasteiger charge is 2.30. The van der Waals surface area contributed by atoms with Crippen LogP contribution in [0.4, 0.5) is 4.79 Å². The molecule has 17 heavy (non-hydrogen) atoms. The Morgan fingerprint density at radius 3 is 2.71 bits per heavy atom. The number of urea groups is 1. The van der Waals surface area contributed by atoms with Gasteiger partial charge in [0.1, 0.15) is 5.54 Å². The monoisotopic (exact) mass is 240 g/mol. The van der Waals surface area contributed by atoms with Gasteiger partial charge >= 0.3 is 12.0 Å². The molecule has 0 aromatic carbocycles. The number of hydrogen-bond acceptors (Lipinski definition) is 3. The van der Waals surface area contributed by atoms with Crippen molar-refractivity contribution in [2.45, 2.75) is 25.9 Å². The van der Waals surface area contributed by atoms with E-state index in [9.17, 15) is 9.59 Å². The summed E-state index contributed by atoms with van der Waals surface area (Å²) < 4.78 is 0. The van der Waals surface area contributed by atoms with E-state index in [2.05, 4.69) is 15.5 Å². The third kappa shape index (κ3) is 3.47. The first-order valence-electron chi connectivity index (χ1n) is 5.07. The van der Waals surface area contributed by atoms with Crippen LogP contribution in [0.3, 0.4) is 0 Å². The quantitative estimate of drug-likeness (QED) is 0.710. The minimum Gasteiger partial charge on any atom is -0.480 e. The van der Waals surface area contributed by atoms with Gasteiger partial charge in [-0.2, -0.15) is 5.10 Å². The Morgan fingerprint density at radius 1 is 1.59 bits per heavy atom. The lowest BCUT2D eigenvalue weighted by atomic mass is 10.1. The standard InChI is InChI=1S/C10H16N4O3/c1-10(2,8(15)16)13-9(17)14(3)6-7-4-11-12-5-7/h4-5H,6H2,1-3H3,(H,11,12)(H,13,17)(H,15,16). The summed E-state index contributed by atoms with van der Waals surface area (Å²) in [5.74, 6) is -1.08. The molecule has 94 valence electrons. The van der Waals surface area contributed by atoms with E-state index in [0.717, 1.165) is 5.56 Å². The van der Waals surface area contributed by atoms with Gasteiger partial charge in [0.25, 0.3) is 0 Å². The molecule has 0 saturated heterocycles. The van der Waals surface area contributed by atoms with E-state index in [1.54, 1.807) is 19.4 Å². The normalized spacial score (nSPS) is 11.0. The minimum atomic E-state index is -1.29. The van der Waals surface area contributed by atoms with Crippen molar-refractivity contribution in [3.05, 3.63) is 18.0 Å². The molecule has 1 aromatic rings. The minimum absolute atomic E-state index is 0.359. The summed E-state index contributed by atoms with van der Waals surface area (Å²) in [5, 5.41) is 17.7. The maximum absolute atomic E-state index is 11.7. The molecule has 1 aromatic heterocycles. The summed E-state index contributed by atoms with van der Waals surface area (Å²) in [5.41, 5.74) is -0.447. The highest BCUT2D eigenvalue weighted by atomic mass is 16.4. The third-order valence-corrected chi connectivity index (χ3v) is 2.28. The van der Waals surface area contributed by atoms with Crippen LogP contribution in [0.5, 0.6) is 0 Å². The molecule has 7 heteroatoms. The number of nitrogens with one attached hydrogen (secondary N) is 2. The van der Waals surface area contributed by atoms with Gasteiger partial charge in [-0.25, -0.2) is 9.59 Å². The topological polar surface area (TPSA) is 98.3 Å². The average Bonchev–Trinajstić information content (AvgIpc) is 2.69. The number of carbonyl (C=O) groups is 2. The molecular weight excluding hydrogens is 224 g/mol. The van der Waals surface area contributed by atoms with Crippen molar-refractivity contribution in [3.63, 3.8) is 0 Å². The van der Waals surface area contributed by atoms with E-state index >= 15 is 0 Å². The lowest BCUT2D eigenvalue weighted by molar-refractivity contribution is -0.143. The smallest absolute Gasteiger partial charge is 0.328 e. The van der Waals surface area contributed by atoms with E-state index in [0.29, 0.717) is 6.54 Å². The van der Waals surface area contributed by atoms with E-state index in [-0.39, 0.29) is 0 Å². The molecule has 0 aliphatic rings.